The first-order valence-electron chi connectivity index (χ1n) is 3.64. The van der Waals surface area contributed by atoms with Crippen molar-refractivity contribution in [2.75, 3.05) is 5.73 Å². The summed E-state index contributed by atoms with van der Waals surface area (Å²) < 4.78 is 0.822. The Labute approximate surface area is 133 Å². The van der Waals surface area contributed by atoms with Crippen molar-refractivity contribution in [1.29, 1.82) is 0 Å². The molecule has 0 bridgehead atoms. The van der Waals surface area contributed by atoms with E-state index in [9.17, 15) is 9.59 Å². The minimum Gasteiger partial charge on any atom is -0.397 e. The molecule has 1 aromatic carbocycles. The Hall–Kier alpha value is 0.690. The highest BCUT2D eigenvalue weighted by Crippen LogP contribution is 2.37. The van der Waals surface area contributed by atoms with Gasteiger partial charge in [0, 0.05) is 0 Å². The summed E-state index contributed by atoms with van der Waals surface area (Å²) in [5.41, 5.74) is 6.01. The lowest BCUT2D eigenvalue weighted by Gasteiger charge is -2.12. The van der Waals surface area contributed by atoms with Gasteiger partial charge in [-0.25, -0.2) is 0 Å². The van der Waals surface area contributed by atoms with Crippen LogP contribution in [0.15, 0.2) is 0 Å². The Morgan fingerprint density at radius 3 is 1.56 bits per heavy atom. The monoisotopic (exact) mass is 503 g/mol. The zero-order valence-corrected chi connectivity index (χ0v) is 13.9. The maximum Gasteiger partial charge on any atom is 0.255 e. The van der Waals surface area contributed by atoms with Crippen molar-refractivity contribution in [2.45, 2.75) is 0 Å². The molecular formula is C8H2Cl3I2NO2. The molecule has 2 N–H and O–H groups in total. The fourth-order valence-electron chi connectivity index (χ4n) is 1.03. The second-order valence-corrected chi connectivity index (χ2v) is 5.88. The first-order chi connectivity index (χ1) is 7.29. The smallest absolute Gasteiger partial charge is 0.255 e. The number of carbonyl (C=O) groups excluding carboxylic acids is 2. The fourth-order valence-corrected chi connectivity index (χ4v) is 4.59. The van der Waals surface area contributed by atoms with E-state index < -0.39 is 10.5 Å². The Morgan fingerprint density at radius 1 is 1.00 bits per heavy atom. The van der Waals surface area contributed by atoms with Crippen molar-refractivity contribution in [3.63, 3.8) is 0 Å². The number of anilines is 1. The van der Waals surface area contributed by atoms with Gasteiger partial charge in [0.25, 0.3) is 10.5 Å². The first-order valence-corrected chi connectivity index (χ1v) is 6.93. The Bertz CT molecular complexity index is 464. The zero-order chi connectivity index (χ0) is 12.6. The number of halogens is 5. The van der Waals surface area contributed by atoms with Gasteiger partial charge in [0.15, 0.2) is 0 Å². The van der Waals surface area contributed by atoms with Gasteiger partial charge in [-0.05, 0) is 68.4 Å². The van der Waals surface area contributed by atoms with E-state index in [4.69, 9.17) is 40.5 Å². The molecule has 0 saturated carbocycles. The number of nitrogen functional groups attached to an aromatic ring is 1. The van der Waals surface area contributed by atoms with Crippen LogP contribution in [-0.4, -0.2) is 10.5 Å². The quantitative estimate of drug-likeness (QED) is 0.378. The van der Waals surface area contributed by atoms with Gasteiger partial charge in [0.1, 0.15) is 0 Å². The Balaban J connectivity index is 3.80. The van der Waals surface area contributed by atoms with Crippen molar-refractivity contribution in [1.82, 2.24) is 0 Å². The minimum absolute atomic E-state index is 0.00542. The molecule has 0 saturated heterocycles. The van der Waals surface area contributed by atoms with Gasteiger partial charge in [0.2, 0.25) is 0 Å². The molecule has 0 spiro atoms. The van der Waals surface area contributed by atoms with Gasteiger partial charge in [-0.2, -0.15) is 0 Å². The van der Waals surface area contributed by atoms with Crippen LogP contribution in [-0.2, 0) is 0 Å². The van der Waals surface area contributed by atoms with E-state index in [-0.39, 0.29) is 21.8 Å². The number of rotatable bonds is 2. The van der Waals surface area contributed by atoms with Crippen molar-refractivity contribution < 1.29 is 9.59 Å². The highest BCUT2D eigenvalue weighted by Gasteiger charge is 2.25. The van der Waals surface area contributed by atoms with Gasteiger partial charge >= 0.3 is 0 Å². The summed E-state index contributed by atoms with van der Waals surface area (Å²) in [5.74, 6) is 0. The molecule has 0 fully saturated rings. The van der Waals surface area contributed by atoms with Crippen molar-refractivity contribution in [2.24, 2.45) is 0 Å². The molecule has 0 heterocycles. The maximum atomic E-state index is 11.2. The highest BCUT2D eigenvalue weighted by atomic mass is 127. The van der Waals surface area contributed by atoms with Crippen LogP contribution >= 0.6 is 80.0 Å². The van der Waals surface area contributed by atoms with E-state index in [1.165, 1.54) is 0 Å². The molecule has 0 aliphatic rings. The third-order valence-corrected chi connectivity index (χ3v) is 4.74. The molecule has 16 heavy (non-hydrogen) atoms. The van der Waals surface area contributed by atoms with Crippen molar-refractivity contribution in [3.05, 3.63) is 23.3 Å². The maximum absolute atomic E-state index is 11.2. The lowest BCUT2D eigenvalue weighted by Crippen LogP contribution is -2.08. The van der Waals surface area contributed by atoms with Crippen LogP contribution < -0.4 is 5.73 Å². The second-order valence-electron chi connectivity index (χ2n) is 2.65. The van der Waals surface area contributed by atoms with Crippen LogP contribution in [0.4, 0.5) is 5.69 Å². The Kier molecular flexibility index (Phi) is 5.12. The number of hydrogen-bond acceptors (Lipinski definition) is 3. The highest BCUT2D eigenvalue weighted by molar-refractivity contribution is 14.1. The average Bonchev–Trinajstić information content (AvgIpc) is 2.13. The summed E-state index contributed by atoms with van der Waals surface area (Å²) in [4.78, 5) is 22.4. The molecule has 1 rings (SSSR count). The fraction of sp³-hybridized carbons (Fsp3) is 0. The molecule has 8 heteroatoms. The summed E-state index contributed by atoms with van der Waals surface area (Å²) in [5, 5.41) is -1.63. The third kappa shape index (κ3) is 2.58. The molecule has 0 aliphatic carbocycles. The SMILES string of the molecule is Nc1c(I)c(C(=O)Cl)c(Cl)c(C(=O)Cl)c1I. The third-order valence-electron chi connectivity index (χ3n) is 1.74. The molecule has 0 aromatic heterocycles. The van der Waals surface area contributed by atoms with E-state index in [1.807, 2.05) is 45.2 Å². The van der Waals surface area contributed by atoms with E-state index in [1.54, 1.807) is 0 Å². The number of carbonyl (C=O) groups is 2. The normalized spacial score (nSPS) is 10.3. The molecule has 0 radical (unpaired) electrons. The molecule has 0 amide bonds. The average molecular weight is 504 g/mol. The Morgan fingerprint density at radius 2 is 1.31 bits per heavy atom. The summed E-state index contributed by atoms with van der Waals surface area (Å²) in [6.07, 6.45) is 0. The summed E-state index contributed by atoms with van der Waals surface area (Å²) in [7, 11) is 0. The zero-order valence-electron chi connectivity index (χ0n) is 7.28. The molecule has 1 aromatic rings. The van der Waals surface area contributed by atoms with Gasteiger partial charge in [-0.3, -0.25) is 9.59 Å². The predicted octanol–water partition coefficient (Wildman–Crippen LogP) is 3.89. The predicted molar refractivity (Wildman–Crippen MR) is 81.7 cm³/mol. The van der Waals surface area contributed by atoms with Crippen LogP contribution in [0.5, 0.6) is 0 Å². The lowest BCUT2D eigenvalue weighted by molar-refractivity contribution is 0.107. The van der Waals surface area contributed by atoms with Crippen molar-refractivity contribution >= 4 is 96.2 Å². The molecule has 86 valence electrons. The summed E-state index contributed by atoms with van der Waals surface area (Å²) in [6.45, 7) is 0. The summed E-state index contributed by atoms with van der Waals surface area (Å²) >= 11 is 20.3. The van der Waals surface area contributed by atoms with Gasteiger partial charge in [-0.1, -0.05) is 11.6 Å². The van der Waals surface area contributed by atoms with E-state index in [0.29, 0.717) is 7.14 Å². The topological polar surface area (TPSA) is 60.2 Å². The molecule has 0 atom stereocenters. The van der Waals surface area contributed by atoms with Crippen LogP contribution in [0.2, 0.25) is 5.02 Å². The van der Waals surface area contributed by atoms with Crippen molar-refractivity contribution in [3.8, 4) is 0 Å². The largest absolute Gasteiger partial charge is 0.397 e. The van der Waals surface area contributed by atoms with Crippen LogP contribution in [0.25, 0.3) is 0 Å². The lowest BCUT2D eigenvalue weighted by atomic mass is 10.1. The second kappa shape index (κ2) is 5.55. The number of benzene rings is 1. The van der Waals surface area contributed by atoms with E-state index in [0.717, 1.165) is 0 Å². The number of hydrogen-bond donors (Lipinski definition) is 1. The molecule has 0 unspecified atom stereocenters. The van der Waals surface area contributed by atoms with Crippen LogP contribution in [0.3, 0.4) is 0 Å². The molecular weight excluding hydrogens is 502 g/mol. The minimum atomic E-state index is -0.781. The van der Waals surface area contributed by atoms with Crippen LogP contribution in [0.1, 0.15) is 20.7 Å². The molecule has 0 aliphatic heterocycles. The van der Waals surface area contributed by atoms with Crippen LogP contribution in [0, 0.1) is 7.14 Å². The van der Waals surface area contributed by atoms with Gasteiger partial charge < -0.3 is 5.73 Å². The number of nitrogens with two attached hydrogens (primary N) is 1. The van der Waals surface area contributed by atoms with E-state index in [2.05, 4.69) is 0 Å². The van der Waals surface area contributed by atoms with Gasteiger partial charge in [0.05, 0.1) is 29.0 Å². The van der Waals surface area contributed by atoms with Gasteiger partial charge in [-0.15, -0.1) is 0 Å². The first kappa shape index (κ1) is 14.7. The van der Waals surface area contributed by atoms with E-state index >= 15 is 0 Å². The standard InChI is InChI=1S/C8H2Cl3I2NO2/c9-3-1(7(10)15)4(12)6(14)5(13)2(3)8(11)16/h14H2. The molecule has 3 nitrogen and oxygen atoms in total. The summed E-state index contributed by atoms with van der Waals surface area (Å²) in [6, 6.07) is 0.